The van der Waals surface area contributed by atoms with Gasteiger partial charge < -0.3 is 44.8 Å². The number of ether oxygens (including phenoxy) is 3. The molecular weight excluding hydrogens is 400 g/mol. The van der Waals surface area contributed by atoms with Crippen LogP contribution in [0, 0.1) is 0 Å². The summed E-state index contributed by atoms with van der Waals surface area (Å²) in [5, 5.41) is 60.1. The lowest BCUT2D eigenvalue weighted by molar-refractivity contribution is -0.319. The lowest BCUT2D eigenvalue weighted by atomic mass is 9.99. The van der Waals surface area contributed by atoms with Gasteiger partial charge in [0.2, 0.25) is 0 Å². The van der Waals surface area contributed by atoms with Gasteiger partial charge in [-0.2, -0.15) is 0 Å². The zero-order valence-corrected chi connectivity index (χ0v) is 17.0. The summed E-state index contributed by atoms with van der Waals surface area (Å²) in [6.45, 7) is 3.33. The van der Waals surface area contributed by atoms with Crippen molar-refractivity contribution in [3.63, 3.8) is 0 Å². The van der Waals surface area contributed by atoms with E-state index in [2.05, 4.69) is 0 Å². The average molecular weight is 431 g/mol. The van der Waals surface area contributed by atoms with Crippen LogP contribution in [0.15, 0.2) is 0 Å². The highest BCUT2D eigenvalue weighted by Crippen LogP contribution is 2.34. The molecule has 2 rings (SSSR count). The van der Waals surface area contributed by atoms with Gasteiger partial charge in [0.05, 0.1) is 17.8 Å². The van der Waals surface area contributed by atoms with Gasteiger partial charge in [-0.05, 0) is 11.5 Å². The summed E-state index contributed by atoms with van der Waals surface area (Å²) in [5.41, 5.74) is 0. The maximum absolute atomic E-state index is 10.8. The number of thioether (sulfide) groups is 2. The predicted molar refractivity (Wildman–Crippen MR) is 100 cm³/mol. The van der Waals surface area contributed by atoms with Crippen LogP contribution in [0.25, 0.3) is 0 Å². The maximum Gasteiger partial charge on any atom is 0.187 e. The van der Waals surface area contributed by atoms with Crippen LogP contribution in [0.2, 0.25) is 0 Å². The molecule has 0 aliphatic carbocycles. The second-order valence-corrected chi connectivity index (χ2v) is 9.57. The van der Waals surface area contributed by atoms with E-state index in [0.29, 0.717) is 0 Å². The Morgan fingerprint density at radius 3 is 2.22 bits per heavy atom. The molecule has 0 bridgehead atoms. The standard InChI is InChI=1S/C16H30O9S2/c1-3-26-16(27-4-2)12(22)14-13(7(18)6-23-14)25-15-11(21)10(20)9(19)8(5-17)24-15/h7-22H,3-6H2,1-2H3. The maximum atomic E-state index is 10.8. The number of hydrogen-bond donors (Lipinski definition) is 6. The first kappa shape index (κ1) is 23.6. The molecular formula is C16H30O9S2. The van der Waals surface area contributed by atoms with Gasteiger partial charge >= 0.3 is 0 Å². The number of rotatable bonds is 9. The molecule has 0 amide bonds. The summed E-state index contributed by atoms with van der Waals surface area (Å²) in [7, 11) is 0. The Kier molecular flexibility index (Phi) is 9.56. The van der Waals surface area contributed by atoms with E-state index >= 15 is 0 Å². The normalized spacial score (nSPS) is 41.2. The zero-order valence-electron chi connectivity index (χ0n) is 15.3. The summed E-state index contributed by atoms with van der Waals surface area (Å²) in [5.74, 6) is 1.59. The first-order valence-corrected chi connectivity index (χ1v) is 11.1. The third-order valence-corrected chi connectivity index (χ3v) is 7.28. The van der Waals surface area contributed by atoms with Gasteiger partial charge in [-0.1, -0.05) is 13.8 Å². The second kappa shape index (κ2) is 10.9. The highest BCUT2D eigenvalue weighted by atomic mass is 32.2. The molecule has 0 saturated carbocycles. The third-order valence-electron chi connectivity index (χ3n) is 4.58. The Morgan fingerprint density at radius 2 is 1.67 bits per heavy atom. The molecule has 2 aliphatic rings. The minimum absolute atomic E-state index is 0.0515. The molecule has 160 valence electrons. The Labute approximate surface area is 167 Å². The highest BCUT2D eigenvalue weighted by Gasteiger charge is 2.50. The van der Waals surface area contributed by atoms with Crippen LogP contribution >= 0.6 is 23.5 Å². The van der Waals surface area contributed by atoms with Crippen LogP contribution in [0.5, 0.6) is 0 Å². The van der Waals surface area contributed by atoms with E-state index in [-0.39, 0.29) is 11.2 Å². The molecule has 11 heteroatoms. The molecule has 2 aliphatic heterocycles. The van der Waals surface area contributed by atoms with Gasteiger partial charge in [-0.25, -0.2) is 0 Å². The van der Waals surface area contributed by atoms with Gasteiger partial charge in [0.15, 0.2) is 6.29 Å². The number of aliphatic hydroxyl groups is 6. The van der Waals surface area contributed by atoms with Crippen LogP contribution in [0.1, 0.15) is 13.8 Å². The molecule has 2 fully saturated rings. The molecule has 2 saturated heterocycles. The fourth-order valence-corrected chi connectivity index (χ4v) is 5.71. The van der Waals surface area contributed by atoms with E-state index in [0.717, 1.165) is 11.5 Å². The van der Waals surface area contributed by atoms with Crippen LogP contribution in [0.3, 0.4) is 0 Å². The molecule has 0 aromatic heterocycles. The van der Waals surface area contributed by atoms with Crippen LogP contribution < -0.4 is 0 Å². The fraction of sp³-hybridized carbons (Fsp3) is 1.00. The molecule has 2 heterocycles. The van der Waals surface area contributed by atoms with Crippen molar-refractivity contribution in [2.45, 2.75) is 73.6 Å². The summed E-state index contributed by atoms with van der Waals surface area (Å²) >= 11 is 3.12. The third kappa shape index (κ3) is 5.48. The predicted octanol–water partition coefficient (Wildman–Crippen LogP) is -1.88. The van der Waals surface area contributed by atoms with E-state index in [1.165, 1.54) is 0 Å². The first-order valence-electron chi connectivity index (χ1n) is 9.02. The monoisotopic (exact) mass is 430 g/mol. The van der Waals surface area contributed by atoms with Crippen LogP contribution in [-0.4, -0.2) is 115 Å². The van der Waals surface area contributed by atoms with Gasteiger partial charge in [0.1, 0.15) is 48.8 Å². The SMILES string of the molecule is CCSC(SCC)C(O)C1OCC(O)C1OC1OC(CO)C(O)C(O)C1O. The quantitative estimate of drug-likeness (QED) is 0.228. The van der Waals surface area contributed by atoms with Crippen molar-refractivity contribution in [2.75, 3.05) is 24.7 Å². The van der Waals surface area contributed by atoms with Crippen molar-refractivity contribution in [1.29, 1.82) is 0 Å². The molecule has 9 unspecified atom stereocenters. The van der Waals surface area contributed by atoms with Crippen molar-refractivity contribution in [2.24, 2.45) is 0 Å². The molecule has 0 radical (unpaired) electrons. The summed E-state index contributed by atoms with van der Waals surface area (Å²) in [4.78, 5) is 0. The Bertz CT molecular complexity index is 438. The smallest absolute Gasteiger partial charge is 0.187 e. The van der Waals surface area contributed by atoms with E-state index in [9.17, 15) is 30.6 Å². The molecule has 0 aromatic carbocycles. The Balaban J connectivity index is 2.10. The van der Waals surface area contributed by atoms with Crippen LogP contribution in [0.4, 0.5) is 0 Å². The Morgan fingerprint density at radius 1 is 1.04 bits per heavy atom. The molecule has 0 aromatic rings. The van der Waals surface area contributed by atoms with Gasteiger partial charge in [0.25, 0.3) is 0 Å². The minimum Gasteiger partial charge on any atom is -0.394 e. The number of hydrogen-bond acceptors (Lipinski definition) is 11. The lowest BCUT2D eigenvalue weighted by Gasteiger charge is -2.41. The summed E-state index contributed by atoms with van der Waals surface area (Å²) in [6, 6.07) is 0. The molecule has 6 N–H and O–H groups in total. The van der Waals surface area contributed by atoms with Gasteiger partial charge in [-0.15, -0.1) is 23.5 Å². The highest BCUT2D eigenvalue weighted by molar-refractivity contribution is 8.17. The molecule has 9 nitrogen and oxygen atoms in total. The van der Waals surface area contributed by atoms with Crippen molar-refractivity contribution in [3.05, 3.63) is 0 Å². The van der Waals surface area contributed by atoms with Crippen molar-refractivity contribution in [1.82, 2.24) is 0 Å². The molecule has 0 spiro atoms. The van der Waals surface area contributed by atoms with Crippen LogP contribution in [-0.2, 0) is 14.2 Å². The fourth-order valence-electron chi connectivity index (χ4n) is 3.14. The largest absolute Gasteiger partial charge is 0.394 e. The van der Waals surface area contributed by atoms with E-state index in [1.807, 2.05) is 13.8 Å². The Hall–Kier alpha value is 0.340. The van der Waals surface area contributed by atoms with Gasteiger partial charge in [-0.3, -0.25) is 0 Å². The van der Waals surface area contributed by atoms with Gasteiger partial charge in [0, 0.05) is 0 Å². The molecule has 27 heavy (non-hydrogen) atoms. The van der Waals surface area contributed by atoms with Crippen molar-refractivity contribution >= 4 is 23.5 Å². The van der Waals surface area contributed by atoms with E-state index < -0.39 is 61.7 Å². The minimum atomic E-state index is -1.58. The topological polar surface area (TPSA) is 149 Å². The summed E-state index contributed by atoms with van der Waals surface area (Å²) < 4.78 is 16.4. The van der Waals surface area contributed by atoms with E-state index in [4.69, 9.17) is 14.2 Å². The average Bonchev–Trinajstić information content (AvgIpc) is 3.01. The second-order valence-electron chi connectivity index (χ2n) is 6.43. The van der Waals surface area contributed by atoms with E-state index in [1.54, 1.807) is 23.5 Å². The summed E-state index contributed by atoms with van der Waals surface area (Å²) in [6.07, 6.45) is -11.0. The lowest BCUT2D eigenvalue weighted by Crippen LogP contribution is -2.61. The van der Waals surface area contributed by atoms with Crippen molar-refractivity contribution in [3.8, 4) is 0 Å². The van der Waals surface area contributed by atoms with Crippen molar-refractivity contribution < 1.29 is 44.8 Å². The molecule has 9 atom stereocenters. The zero-order chi connectivity index (χ0) is 20.1. The number of aliphatic hydroxyl groups excluding tert-OH is 6. The first-order chi connectivity index (χ1) is 12.8.